The Labute approximate surface area is 105 Å². The summed E-state index contributed by atoms with van der Waals surface area (Å²) in [7, 11) is -0.605. The van der Waals surface area contributed by atoms with E-state index in [4.69, 9.17) is 5.73 Å². The quantitative estimate of drug-likeness (QED) is 0.877. The topological polar surface area (TPSA) is 46.3 Å². The Morgan fingerprint density at radius 3 is 2.41 bits per heavy atom. The molecule has 0 spiro atoms. The number of benzene rings is 1. The summed E-state index contributed by atoms with van der Waals surface area (Å²) in [6.45, 7) is 3.83. The third-order valence-electron chi connectivity index (χ3n) is 3.04. The maximum atomic E-state index is 11.3. The molecular formula is C13H20N2OS. The van der Waals surface area contributed by atoms with Crippen molar-refractivity contribution in [1.82, 2.24) is 0 Å². The van der Waals surface area contributed by atoms with Crippen LogP contribution >= 0.6 is 0 Å². The highest BCUT2D eigenvalue weighted by Crippen LogP contribution is 2.17. The molecule has 0 bridgehead atoms. The molecule has 1 saturated heterocycles. The second-order valence-corrected chi connectivity index (χ2v) is 6.38. The van der Waals surface area contributed by atoms with Gasteiger partial charge in [-0.25, -0.2) is 0 Å². The minimum atomic E-state index is -0.605. The molecule has 1 aromatic carbocycles. The summed E-state index contributed by atoms with van der Waals surface area (Å²) in [6.07, 6.45) is 0.921. The van der Waals surface area contributed by atoms with Crippen LogP contribution in [0.1, 0.15) is 12.5 Å². The summed E-state index contributed by atoms with van der Waals surface area (Å²) in [5, 5.41) is 0. The van der Waals surface area contributed by atoms with E-state index in [1.807, 2.05) is 6.92 Å². The molecule has 2 N–H and O–H groups in total. The van der Waals surface area contributed by atoms with Crippen LogP contribution in [0.5, 0.6) is 0 Å². The Morgan fingerprint density at radius 2 is 1.88 bits per heavy atom. The second-order valence-electron chi connectivity index (χ2n) is 4.68. The Hall–Kier alpha value is -0.870. The van der Waals surface area contributed by atoms with Crippen LogP contribution in [0.2, 0.25) is 0 Å². The number of hydrogen-bond donors (Lipinski definition) is 1. The van der Waals surface area contributed by atoms with Gasteiger partial charge in [0.1, 0.15) is 0 Å². The van der Waals surface area contributed by atoms with Gasteiger partial charge in [-0.1, -0.05) is 12.1 Å². The highest BCUT2D eigenvalue weighted by atomic mass is 32.2. The van der Waals surface area contributed by atoms with E-state index in [1.54, 1.807) is 0 Å². The first-order chi connectivity index (χ1) is 8.15. The molecule has 0 amide bonds. The first kappa shape index (κ1) is 12.6. The molecule has 1 heterocycles. The molecule has 0 saturated carbocycles. The van der Waals surface area contributed by atoms with Crippen LogP contribution < -0.4 is 10.6 Å². The Bertz CT molecular complexity index is 379. The van der Waals surface area contributed by atoms with Crippen molar-refractivity contribution >= 4 is 16.5 Å². The lowest BCUT2D eigenvalue weighted by atomic mass is 10.1. The van der Waals surface area contributed by atoms with E-state index in [-0.39, 0.29) is 6.04 Å². The highest BCUT2D eigenvalue weighted by Gasteiger charge is 2.15. The fourth-order valence-corrected chi connectivity index (χ4v) is 3.16. The van der Waals surface area contributed by atoms with Gasteiger partial charge in [0, 0.05) is 47.1 Å². The van der Waals surface area contributed by atoms with Crippen molar-refractivity contribution in [3.8, 4) is 0 Å². The van der Waals surface area contributed by atoms with Crippen molar-refractivity contribution in [3.05, 3.63) is 29.8 Å². The maximum absolute atomic E-state index is 11.3. The molecule has 1 aromatic rings. The van der Waals surface area contributed by atoms with Crippen molar-refractivity contribution in [2.45, 2.75) is 19.4 Å². The van der Waals surface area contributed by atoms with Gasteiger partial charge in [-0.2, -0.15) is 0 Å². The van der Waals surface area contributed by atoms with Crippen LogP contribution in [0.15, 0.2) is 24.3 Å². The molecule has 1 aliphatic rings. The lowest BCUT2D eigenvalue weighted by molar-refractivity contribution is 0.673. The molecule has 0 radical (unpaired) electrons. The molecule has 2 rings (SSSR count). The zero-order valence-corrected chi connectivity index (χ0v) is 11.1. The number of hydrogen-bond acceptors (Lipinski definition) is 3. The van der Waals surface area contributed by atoms with Crippen LogP contribution in [0.25, 0.3) is 0 Å². The van der Waals surface area contributed by atoms with Gasteiger partial charge in [0.25, 0.3) is 0 Å². The summed E-state index contributed by atoms with van der Waals surface area (Å²) in [6, 6.07) is 8.78. The van der Waals surface area contributed by atoms with Gasteiger partial charge >= 0.3 is 0 Å². The lowest BCUT2D eigenvalue weighted by Crippen LogP contribution is -2.37. The van der Waals surface area contributed by atoms with E-state index < -0.39 is 10.8 Å². The molecule has 3 nitrogen and oxygen atoms in total. The van der Waals surface area contributed by atoms with Gasteiger partial charge in [0.05, 0.1) is 0 Å². The van der Waals surface area contributed by atoms with Gasteiger partial charge in [-0.05, 0) is 31.0 Å². The Balaban J connectivity index is 2.00. The zero-order chi connectivity index (χ0) is 12.3. The third kappa shape index (κ3) is 3.54. The fourth-order valence-electron chi connectivity index (χ4n) is 2.11. The number of nitrogens with zero attached hydrogens (tertiary/aromatic N) is 1. The average molecular weight is 252 g/mol. The van der Waals surface area contributed by atoms with Crippen molar-refractivity contribution < 1.29 is 4.21 Å². The first-order valence-corrected chi connectivity index (χ1v) is 7.58. The van der Waals surface area contributed by atoms with E-state index in [0.717, 1.165) is 31.0 Å². The lowest BCUT2D eigenvalue weighted by Gasteiger charge is -2.28. The number of nitrogens with two attached hydrogens (primary N) is 1. The minimum Gasteiger partial charge on any atom is -0.370 e. The van der Waals surface area contributed by atoms with Gasteiger partial charge in [-0.15, -0.1) is 0 Å². The Morgan fingerprint density at radius 1 is 1.29 bits per heavy atom. The molecule has 1 aliphatic heterocycles. The van der Waals surface area contributed by atoms with Gasteiger partial charge < -0.3 is 10.6 Å². The monoisotopic (exact) mass is 252 g/mol. The first-order valence-electron chi connectivity index (χ1n) is 6.09. The second kappa shape index (κ2) is 5.65. The molecule has 1 atom stereocenters. The Kier molecular flexibility index (Phi) is 4.18. The molecule has 4 heteroatoms. The number of anilines is 1. The summed E-state index contributed by atoms with van der Waals surface area (Å²) >= 11 is 0. The van der Waals surface area contributed by atoms with E-state index in [0.29, 0.717) is 0 Å². The predicted octanol–water partition coefficient (Wildman–Crippen LogP) is 1.15. The van der Waals surface area contributed by atoms with Crippen LogP contribution in [-0.4, -0.2) is 34.8 Å². The highest BCUT2D eigenvalue weighted by molar-refractivity contribution is 7.85. The average Bonchev–Trinajstić information content (AvgIpc) is 2.30. The fraction of sp³-hybridized carbons (Fsp3) is 0.538. The summed E-state index contributed by atoms with van der Waals surface area (Å²) in [5.74, 6) is 1.59. The van der Waals surface area contributed by atoms with Crippen LogP contribution in [0.3, 0.4) is 0 Å². The summed E-state index contributed by atoms with van der Waals surface area (Å²) in [4.78, 5) is 2.30. The number of rotatable bonds is 3. The standard InChI is InChI=1S/C13H20N2OS/c1-11(14)10-12-2-4-13(5-3-12)15-6-8-17(16)9-7-15/h2-5,11H,6-10,14H2,1H3. The van der Waals surface area contributed by atoms with E-state index in [1.165, 1.54) is 11.3 Å². The minimum absolute atomic E-state index is 0.207. The molecule has 0 aromatic heterocycles. The molecule has 1 fully saturated rings. The molecule has 1 unspecified atom stereocenters. The van der Waals surface area contributed by atoms with Crippen molar-refractivity contribution in [1.29, 1.82) is 0 Å². The SMILES string of the molecule is CC(N)Cc1ccc(N2CCS(=O)CC2)cc1. The molecule has 94 valence electrons. The maximum Gasteiger partial charge on any atom is 0.0411 e. The normalized spacial score (nSPS) is 19.3. The zero-order valence-electron chi connectivity index (χ0n) is 10.3. The molecule has 0 aliphatic carbocycles. The van der Waals surface area contributed by atoms with Crippen molar-refractivity contribution in [2.75, 3.05) is 29.5 Å². The third-order valence-corrected chi connectivity index (χ3v) is 4.31. The van der Waals surface area contributed by atoms with Crippen molar-refractivity contribution in [3.63, 3.8) is 0 Å². The van der Waals surface area contributed by atoms with Crippen molar-refractivity contribution in [2.24, 2.45) is 5.73 Å². The molecule has 17 heavy (non-hydrogen) atoms. The van der Waals surface area contributed by atoms with E-state index in [9.17, 15) is 4.21 Å². The van der Waals surface area contributed by atoms with Gasteiger partial charge in [0.2, 0.25) is 0 Å². The van der Waals surface area contributed by atoms with Gasteiger partial charge in [-0.3, -0.25) is 4.21 Å². The summed E-state index contributed by atoms with van der Waals surface area (Å²) in [5.41, 5.74) is 8.29. The van der Waals surface area contributed by atoms with E-state index >= 15 is 0 Å². The smallest absolute Gasteiger partial charge is 0.0411 e. The van der Waals surface area contributed by atoms with Crippen LogP contribution in [0.4, 0.5) is 5.69 Å². The van der Waals surface area contributed by atoms with Crippen LogP contribution in [-0.2, 0) is 17.2 Å². The predicted molar refractivity (Wildman–Crippen MR) is 73.9 cm³/mol. The largest absolute Gasteiger partial charge is 0.370 e. The van der Waals surface area contributed by atoms with Gasteiger partial charge in [0.15, 0.2) is 0 Å². The van der Waals surface area contributed by atoms with E-state index in [2.05, 4.69) is 29.2 Å². The molecular weight excluding hydrogens is 232 g/mol. The van der Waals surface area contributed by atoms with Crippen LogP contribution in [0, 0.1) is 0 Å². The summed E-state index contributed by atoms with van der Waals surface area (Å²) < 4.78 is 11.3.